The molecule has 1 aromatic carbocycles. The van der Waals surface area contributed by atoms with E-state index in [-0.39, 0.29) is 22.4 Å². The molecule has 104 valence electrons. The lowest BCUT2D eigenvalue weighted by molar-refractivity contribution is -0.384. The Morgan fingerprint density at radius 1 is 1.19 bits per heavy atom. The number of rotatable bonds is 2. The van der Waals surface area contributed by atoms with Gasteiger partial charge in [-0.1, -0.05) is 6.07 Å². The molecule has 0 unspecified atom stereocenters. The molecule has 0 amide bonds. The standard InChI is InChI=1S/C13H8N4O4/c18-12-9-7-8(17(20)21)4-5-10(9)15-13(19)16(12)11-3-1-2-6-14-11/h1-7H,(H,15,19). The number of non-ortho nitro benzene ring substituents is 1. The number of hydrogen-bond donors (Lipinski definition) is 1. The maximum Gasteiger partial charge on any atom is 0.334 e. The van der Waals surface area contributed by atoms with E-state index in [1.54, 1.807) is 12.1 Å². The molecule has 0 bridgehead atoms. The molecular weight excluding hydrogens is 276 g/mol. The molecule has 0 saturated heterocycles. The highest BCUT2D eigenvalue weighted by molar-refractivity contribution is 5.80. The van der Waals surface area contributed by atoms with Gasteiger partial charge in [0.05, 0.1) is 15.8 Å². The summed E-state index contributed by atoms with van der Waals surface area (Å²) in [6, 6.07) is 8.47. The third kappa shape index (κ3) is 2.08. The van der Waals surface area contributed by atoms with Crippen LogP contribution in [0, 0.1) is 10.1 Å². The fourth-order valence-corrected chi connectivity index (χ4v) is 2.01. The lowest BCUT2D eigenvalue weighted by Gasteiger charge is -2.05. The average Bonchev–Trinajstić information content (AvgIpc) is 2.48. The van der Waals surface area contributed by atoms with E-state index in [0.29, 0.717) is 0 Å². The topological polar surface area (TPSA) is 111 Å². The first-order chi connectivity index (χ1) is 10.1. The van der Waals surface area contributed by atoms with Crippen molar-refractivity contribution in [2.45, 2.75) is 0 Å². The van der Waals surface area contributed by atoms with Gasteiger partial charge in [-0.3, -0.25) is 14.9 Å². The minimum atomic E-state index is -0.656. The number of nitro benzene ring substituents is 1. The van der Waals surface area contributed by atoms with E-state index in [4.69, 9.17) is 0 Å². The van der Waals surface area contributed by atoms with Crippen molar-refractivity contribution in [3.63, 3.8) is 0 Å². The number of aromatic nitrogens is 3. The zero-order valence-corrected chi connectivity index (χ0v) is 10.5. The maximum atomic E-state index is 12.4. The Balaban J connectivity index is 2.39. The molecule has 21 heavy (non-hydrogen) atoms. The van der Waals surface area contributed by atoms with Gasteiger partial charge in [0.2, 0.25) is 0 Å². The molecule has 0 aliphatic heterocycles. The molecule has 3 aromatic rings. The van der Waals surface area contributed by atoms with Crippen LogP contribution in [0.4, 0.5) is 5.69 Å². The Labute approximate surface area is 116 Å². The molecule has 0 atom stereocenters. The maximum absolute atomic E-state index is 12.4. The second-order valence-electron chi connectivity index (χ2n) is 4.25. The smallest absolute Gasteiger partial charge is 0.306 e. The summed E-state index contributed by atoms with van der Waals surface area (Å²) >= 11 is 0. The van der Waals surface area contributed by atoms with Crippen molar-refractivity contribution in [1.29, 1.82) is 0 Å². The van der Waals surface area contributed by atoms with Gasteiger partial charge in [0.25, 0.3) is 11.2 Å². The van der Waals surface area contributed by atoms with Gasteiger partial charge in [-0.25, -0.2) is 14.3 Å². The molecule has 2 heterocycles. The van der Waals surface area contributed by atoms with Crippen LogP contribution in [-0.4, -0.2) is 19.5 Å². The third-order valence-corrected chi connectivity index (χ3v) is 2.97. The van der Waals surface area contributed by atoms with Crippen LogP contribution in [0.1, 0.15) is 0 Å². The summed E-state index contributed by atoms with van der Waals surface area (Å²) in [5, 5.41) is 10.8. The zero-order chi connectivity index (χ0) is 15.0. The summed E-state index contributed by atoms with van der Waals surface area (Å²) in [5.41, 5.74) is -1.29. The molecule has 8 heteroatoms. The number of aromatic amines is 1. The van der Waals surface area contributed by atoms with Crippen LogP contribution in [0.3, 0.4) is 0 Å². The lowest BCUT2D eigenvalue weighted by Crippen LogP contribution is -2.34. The van der Waals surface area contributed by atoms with Gasteiger partial charge in [0.15, 0.2) is 0 Å². The van der Waals surface area contributed by atoms with Crippen LogP contribution in [-0.2, 0) is 0 Å². The number of hydrogen-bond acceptors (Lipinski definition) is 5. The summed E-state index contributed by atoms with van der Waals surface area (Å²) in [6.45, 7) is 0. The Hall–Kier alpha value is -3.29. The Bertz CT molecular complexity index is 959. The van der Waals surface area contributed by atoms with Crippen LogP contribution < -0.4 is 11.2 Å². The summed E-state index contributed by atoms with van der Waals surface area (Å²) in [7, 11) is 0. The van der Waals surface area contributed by atoms with Crippen LogP contribution in [0.25, 0.3) is 16.7 Å². The monoisotopic (exact) mass is 284 g/mol. The molecule has 0 fully saturated rings. The second-order valence-corrected chi connectivity index (χ2v) is 4.25. The van der Waals surface area contributed by atoms with Crippen LogP contribution in [0.15, 0.2) is 52.2 Å². The van der Waals surface area contributed by atoms with Gasteiger partial charge in [0, 0.05) is 18.3 Å². The number of nitro groups is 1. The zero-order valence-electron chi connectivity index (χ0n) is 10.5. The molecule has 8 nitrogen and oxygen atoms in total. The number of nitrogens with zero attached hydrogens (tertiary/aromatic N) is 3. The molecule has 0 aliphatic rings. The summed E-state index contributed by atoms with van der Waals surface area (Å²) < 4.78 is 0.839. The predicted octanol–water partition coefficient (Wildman–Crippen LogP) is 0.982. The second kappa shape index (κ2) is 4.67. The Morgan fingerprint density at radius 3 is 2.67 bits per heavy atom. The van der Waals surface area contributed by atoms with Gasteiger partial charge in [-0.2, -0.15) is 0 Å². The van der Waals surface area contributed by atoms with Crippen molar-refractivity contribution in [2.24, 2.45) is 0 Å². The molecule has 0 aliphatic carbocycles. The van der Waals surface area contributed by atoms with Crippen LogP contribution in [0.2, 0.25) is 0 Å². The fourth-order valence-electron chi connectivity index (χ4n) is 2.01. The number of H-pyrrole nitrogens is 1. The van der Waals surface area contributed by atoms with E-state index in [0.717, 1.165) is 10.6 Å². The van der Waals surface area contributed by atoms with Crippen molar-refractivity contribution >= 4 is 16.6 Å². The number of fused-ring (bicyclic) bond motifs is 1. The molecule has 0 radical (unpaired) electrons. The Morgan fingerprint density at radius 2 is 2.00 bits per heavy atom. The number of nitrogens with one attached hydrogen (secondary N) is 1. The minimum absolute atomic E-state index is 0.0504. The predicted molar refractivity (Wildman–Crippen MR) is 74.6 cm³/mol. The molecular formula is C13H8N4O4. The molecule has 0 spiro atoms. The quantitative estimate of drug-likeness (QED) is 0.557. The summed E-state index contributed by atoms with van der Waals surface area (Å²) in [5.74, 6) is 0.150. The lowest BCUT2D eigenvalue weighted by atomic mass is 10.2. The van der Waals surface area contributed by atoms with Crippen molar-refractivity contribution in [2.75, 3.05) is 0 Å². The van der Waals surface area contributed by atoms with E-state index < -0.39 is 16.2 Å². The number of benzene rings is 1. The molecule has 2 aromatic heterocycles. The van der Waals surface area contributed by atoms with Gasteiger partial charge in [-0.15, -0.1) is 0 Å². The largest absolute Gasteiger partial charge is 0.334 e. The normalized spacial score (nSPS) is 10.7. The van der Waals surface area contributed by atoms with E-state index in [2.05, 4.69) is 9.97 Å². The van der Waals surface area contributed by atoms with Crippen molar-refractivity contribution < 1.29 is 4.92 Å². The van der Waals surface area contributed by atoms with E-state index in [9.17, 15) is 19.7 Å². The van der Waals surface area contributed by atoms with E-state index in [1.165, 1.54) is 24.4 Å². The highest BCUT2D eigenvalue weighted by Crippen LogP contribution is 2.15. The van der Waals surface area contributed by atoms with Gasteiger partial charge < -0.3 is 4.98 Å². The Kier molecular flexibility index (Phi) is 2.83. The third-order valence-electron chi connectivity index (χ3n) is 2.97. The fraction of sp³-hybridized carbons (Fsp3) is 0. The highest BCUT2D eigenvalue weighted by Gasteiger charge is 2.13. The molecule has 1 N–H and O–H groups in total. The minimum Gasteiger partial charge on any atom is -0.306 e. The highest BCUT2D eigenvalue weighted by atomic mass is 16.6. The van der Waals surface area contributed by atoms with Gasteiger partial charge >= 0.3 is 5.69 Å². The summed E-state index contributed by atoms with van der Waals surface area (Å²) in [4.78, 5) is 41.1. The van der Waals surface area contributed by atoms with Gasteiger partial charge in [-0.05, 0) is 18.2 Å². The average molecular weight is 284 g/mol. The van der Waals surface area contributed by atoms with Gasteiger partial charge in [0.1, 0.15) is 5.82 Å². The number of pyridine rings is 1. The van der Waals surface area contributed by atoms with Crippen LogP contribution >= 0.6 is 0 Å². The van der Waals surface area contributed by atoms with Crippen LogP contribution in [0.5, 0.6) is 0 Å². The first kappa shape index (κ1) is 12.7. The van der Waals surface area contributed by atoms with Crippen molar-refractivity contribution in [3.8, 4) is 5.82 Å². The molecule has 3 rings (SSSR count). The SMILES string of the molecule is O=c1[nH]c2ccc([N+](=O)[O-])cc2c(=O)n1-c1ccccn1. The first-order valence-electron chi connectivity index (χ1n) is 5.93. The van der Waals surface area contributed by atoms with Crippen molar-refractivity contribution in [3.05, 3.63) is 73.5 Å². The first-order valence-corrected chi connectivity index (χ1v) is 5.93. The van der Waals surface area contributed by atoms with E-state index >= 15 is 0 Å². The van der Waals surface area contributed by atoms with E-state index in [1.807, 2.05) is 0 Å². The molecule has 0 saturated carbocycles. The summed E-state index contributed by atoms with van der Waals surface area (Å²) in [6.07, 6.45) is 1.44. The van der Waals surface area contributed by atoms with Crippen molar-refractivity contribution in [1.82, 2.24) is 14.5 Å².